The second kappa shape index (κ2) is 3.91. The van der Waals surface area contributed by atoms with Gasteiger partial charge in [0.1, 0.15) is 0 Å². The average Bonchev–Trinajstić information content (AvgIpc) is 3.01. The molecule has 0 atom stereocenters. The van der Waals surface area contributed by atoms with E-state index in [1.54, 1.807) is 12.4 Å². The summed E-state index contributed by atoms with van der Waals surface area (Å²) >= 11 is 0. The number of benzene rings is 1. The Hall–Kier alpha value is -2.69. The predicted molar refractivity (Wildman–Crippen MR) is 80.1 cm³/mol. The van der Waals surface area contributed by atoms with E-state index >= 15 is 0 Å². The normalized spacial score (nSPS) is 16.0. The number of nitrogens with zero attached hydrogens (tertiary/aromatic N) is 3. The average molecular weight is 278 g/mol. The van der Waals surface area contributed by atoms with Gasteiger partial charge in [-0.1, -0.05) is 12.1 Å². The van der Waals surface area contributed by atoms with Gasteiger partial charge in [-0.15, -0.1) is 0 Å². The zero-order valence-electron chi connectivity index (χ0n) is 11.8. The van der Waals surface area contributed by atoms with Crippen LogP contribution in [0.2, 0.25) is 0 Å². The number of hydrogen-bond acceptors (Lipinski definition) is 3. The minimum absolute atomic E-state index is 0.0349. The largest absolute Gasteiger partial charge is 0.325 e. The Labute approximate surface area is 121 Å². The molecule has 3 heterocycles. The highest BCUT2D eigenvalue weighted by molar-refractivity contribution is 6.06. The second-order valence-corrected chi connectivity index (χ2v) is 5.80. The molecule has 21 heavy (non-hydrogen) atoms. The van der Waals surface area contributed by atoms with Gasteiger partial charge in [-0.25, -0.2) is 4.98 Å². The van der Waals surface area contributed by atoms with Crippen LogP contribution < -0.4 is 5.32 Å². The highest BCUT2D eigenvalue weighted by Crippen LogP contribution is 2.39. The van der Waals surface area contributed by atoms with Gasteiger partial charge in [0.15, 0.2) is 5.65 Å². The summed E-state index contributed by atoms with van der Waals surface area (Å²) in [6, 6.07) is 5.99. The SMILES string of the molecule is CC1(C)C(=O)Nc2cc(-c3cn4ccnc4cn3)ccc21. The van der Waals surface area contributed by atoms with Crippen LogP contribution >= 0.6 is 0 Å². The smallest absolute Gasteiger partial charge is 0.234 e. The molecule has 5 nitrogen and oxygen atoms in total. The molecule has 0 saturated carbocycles. The van der Waals surface area contributed by atoms with E-state index < -0.39 is 5.41 Å². The maximum atomic E-state index is 12.0. The van der Waals surface area contributed by atoms with E-state index in [2.05, 4.69) is 15.3 Å². The lowest BCUT2D eigenvalue weighted by molar-refractivity contribution is -0.119. The summed E-state index contributed by atoms with van der Waals surface area (Å²) in [6.45, 7) is 3.87. The van der Waals surface area contributed by atoms with Crippen molar-refractivity contribution in [2.24, 2.45) is 0 Å². The first kappa shape index (κ1) is 12.1. The van der Waals surface area contributed by atoms with Crippen LogP contribution in [0.1, 0.15) is 19.4 Å². The van der Waals surface area contributed by atoms with Crippen molar-refractivity contribution in [1.29, 1.82) is 0 Å². The van der Waals surface area contributed by atoms with Crippen molar-refractivity contribution < 1.29 is 4.79 Å². The molecular formula is C16H14N4O. The molecule has 0 radical (unpaired) electrons. The fourth-order valence-corrected chi connectivity index (χ4v) is 2.73. The summed E-state index contributed by atoms with van der Waals surface area (Å²) in [4.78, 5) is 20.6. The Morgan fingerprint density at radius 2 is 2.10 bits per heavy atom. The number of anilines is 1. The third kappa shape index (κ3) is 1.67. The van der Waals surface area contributed by atoms with Crippen molar-refractivity contribution >= 4 is 17.2 Å². The fraction of sp³-hybridized carbons (Fsp3) is 0.188. The maximum Gasteiger partial charge on any atom is 0.234 e. The number of nitrogens with one attached hydrogen (secondary N) is 1. The van der Waals surface area contributed by atoms with Crippen LogP contribution in [0.25, 0.3) is 16.9 Å². The fourth-order valence-electron chi connectivity index (χ4n) is 2.73. The van der Waals surface area contributed by atoms with E-state index in [0.717, 1.165) is 28.2 Å². The van der Waals surface area contributed by atoms with Crippen molar-refractivity contribution in [3.05, 3.63) is 48.5 Å². The molecule has 3 aromatic rings. The molecule has 5 heteroatoms. The quantitative estimate of drug-likeness (QED) is 0.744. The molecule has 0 saturated heterocycles. The van der Waals surface area contributed by atoms with Gasteiger partial charge < -0.3 is 9.72 Å². The van der Waals surface area contributed by atoms with E-state index in [1.165, 1.54) is 0 Å². The van der Waals surface area contributed by atoms with Crippen molar-refractivity contribution in [3.8, 4) is 11.3 Å². The van der Waals surface area contributed by atoms with E-state index in [4.69, 9.17) is 0 Å². The van der Waals surface area contributed by atoms with Crippen molar-refractivity contribution in [3.63, 3.8) is 0 Å². The molecule has 104 valence electrons. The molecule has 1 aromatic carbocycles. The zero-order valence-corrected chi connectivity index (χ0v) is 11.8. The Bertz CT molecular complexity index is 879. The van der Waals surface area contributed by atoms with Crippen LogP contribution in [0.4, 0.5) is 5.69 Å². The van der Waals surface area contributed by atoms with E-state index in [9.17, 15) is 4.79 Å². The van der Waals surface area contributed by atoms with Crippen LogP contribution in [-0.4, -0.2) is 20.3 Å². The first-order valence-electron chi connectivity index (χ1n) is 6.81. The molecule has 0 aliphatic carbocycles. The molecule has 1 amide bonds. The number of fused-ring (bicyclic) bond motifs is 2. The molecule has 0 spiro atoms. The third-order valence-electron chi connectivity index (χ3n) is 4.08. The van der Waals surface area contributed by atoms with Crippen LogP contribution in [0.15, 0.2) is 43.0 Å². The molecule has 0 unspecified atom stereocenters. The lowest BCUT2D eigenvalue weighted by Gasteiger charge is -2.14. The van der Waals surface area contributed by atoms with Gasteiger partial charge in [0, 0.05) is 29.8 Å². The summed E-state index contributed by atoms with van der Waals surface area (Å²) in [5.74, 6) is 0.0349. The molecular weight excluding hydrogens is 264 g/mol. The number of carbonyl (C=O) groups excluding carboxylic acids is 1. The first-order chi connectivity index (χ1) is 10.1. The van der Waals surface area contributed by atoms with Crippen LogP contribution in [0.5, 0.6) is 0 Å². The first-order valence-corrected chi connectivity index (χ1v) is 6.81. The summed E-state index contributed by atoms with van der Waals surface area (Å²) in [5.41, 5.74) is 4.06. The predicted octanol–water partition coefficient (Wildman–Crippen LogP) is 2.63. The number of imidazole rings is 1. The molecule has 0 bridgehead atoms. The van der Waals surface area contributed by atoms with E-state index in [0.29, 0.717) is 0 Å². The number of amides is 1. The van der Waals surface area contributed by atoms with Crippen LogP contribution in [0, 0.1) is 0 Å². The minimum Gasteiger partial charge on any atom is -0.325 e. The molecule has 2 aromatic heterocycles. The van der Waals surface area contributed by atoms with Gasteiger partial charge in [0.05, 0.1) is 17.3 Å². The Kier molecular flexibility index (Phi) is 2.25. The Morgan fingerprint density at radius 1 is 1.24 bits per heavy atom. The molecule has 4 rings (SSSR count). The monoisotopic (exact) mass is 278 g/mol. The topological polar surface area (TPSA) is 59.3 Å². The van der Waals surface area contributed by atoms with Crippen molar-refractivity contribution in [1.82, 2.24) is 14.4 Å². The number of rotatable bonds is 1. The number of aromatic nitrogens is 3. The van der Waals surface area contributed by atoms with Gasteiger partial charge in [0.25, 0.3) is 0 Å². The van der Waals surface area contributed by atoms with Gasteiger partial charge in [-0.3, -0.25) is 9.78 Å². The summed E-state index contributed by atoms with van der Waals surface area (Å²) < 4.78 is 1.93. The highest BCUT2D eigenvalue weighted by Gasteiger charge is 2.38. The molecule has 0 fully saturated rings. The van der Waals surface area contributed by atoms with E-state index in [1.807, 2.05) is 48.8 Å². The van der Waals surface area contributed by atoms with Crippen LogP contribution in [-0.2, 0) is 10.2 Å². The number of carbonyl (C=O) groups is 1. The number of hydrogen-bond donors (Lipinski definition) is 1. The van der Waals surface area contributed by atoms with E-state index in [-0.39, 0.29) is 5.91 Å². The Balaban J connectivity index is 1.84. The van der Waals surface area contributed by atoms with Gasteiger partial charge in [-0.05, 0) is 25.5 Å². The van der Waals surface area contributed by atoms with Crippen LogP contribution in [0.3, 0.4) is 0 Å². The molecule has 1 N–H and O–H groups in total. The van der Waals surface area contributed by atoms with Gasteiger partial charge in [0.2, 0.25) is 5.91 Å². The lowest BCUT2D eigenvalue weighted by Crippen LogP contribution is -2.26. The van der Waals surface area contributed by atoms with Crippen molar-refractivity contribution in [2.45, 2.75) is 19.3 Å². The van der Waals surface area contributed by atoms with Crippen molar-refractivity contribution in [2.75, 3.05) is 5.32 Å². The maximum absolute atomic E-state index is 12.0. The molecule has 1 aliphatic rings. The minimum atomic E-state index is -0.477. The second-order valence-electron chi connectivity index (χ2n) is 5.80. The summed E-state index contributed by atoms with van der Waals surface area (Å²) in [6.07, 6.45) is 7.31. The highest BCUT2D eigenvalue weighted by atomic mass is 16.2. The van der Waals surface area contributed by atoms with Gasteiger partial charge in [-0.2, -0.15) is 0 Å². The molecule has 1 aliphatic heterocycles. The third-order valence-corrected chi connectivity index (χ3v) is 4.08. The zero-order chi connectivity index (χ0) is 14.6. The summed E-state index contributed by atoms with van der Waals surface area (Å²) in [7, 11) is 0. The summed E-state index contributed by atoms with van der Waals surface area (Å²) in [5, 5.41) is 2.94. The van der Waals surface area contributed by atoms with Gasteiger partial charge >= 0.3 is 0 Å². The lowest BCUT2D eigenvalue weighted by atomic mass is 9.86. The standard InChI is InChI=1S/C16H14N4O/c1-16(2)11-4-3-10(7-12(11)19-15(16)21)13-9-20-6-5-17-14(20)8-18-13/h3-9H,1-2H3,(H,19,21). The Morgan fingerprint density at radius 3 is 2.95 bits per heavy atom.